The van der Waals surface area contributed by atoms with E-state index >= 15 is 0 Å². The van der Waals surface area contributed by atoms with Crippen molar-refractivity contribution in [1.82, 2.24) is 14.1 Å². The lowest BCUT2D eigenvalue weighted by Crippen LogP contribution is -2.41. The topological polar surface area (TPSA) is 103 Å². The smallest absolute Gasteiger partial charge is 0.326 e. The number of carbonyl (C=O) groups excluding carboxylic acids is 2. The molecule has 0 radical (unpaired) electrons. The van der Waals surface area contributed by atoms with E-state index in [0.29, 0.717) is 16.3 Å². The van der Waals surface area contributed by atoms with Gasteiger partial charge in [-0.25, -0.2) is 9.78 Å². The van der Waals surface area contributed by atoms with Crippen LogP contribution in [0.15, 0.2) is 46.0 Å². The Labute approximate surface area is 185 Å². The average Bonchev–Trinajstić information content (AvgIpc) is 2.73. The number of rotatable bonds is 4. The van der Waals surface area contributed by atoms with Gasteiger partial charge in [0.05, 0.1) is 11.9 Å². The van der Waals surface area contributed by atoms with Gasteiger partial charge in [0, 0.05) is 23.7 Å². The van der Waals surface area contributed by atoms with Gasteiger partial charge in [-0.05, 0) is 36.4 Å². The highest BCUT2D eigenvalue weighted by Gasteiger charge is 2.33. The molecule has 0 aliphatic heterocycles. The van der Waals surface area contributed by atoms with E-state index in [1.54, 1.807) is 20.8 Å². The van der Waals surface area contributed by atoms with Crippen LogP contribution >= 0.6 is 0 Å². The number of carbonyl (C=O) groups is 2. The number of nitrogens with one attached hydrogen (secondary N) is 1. The van der Waals surface area contributed by atoms with Crippen LogP contribution in [0.2, 0.25) is 0 Å². The molecule has 0 fully saturated rings. The zero-order valence-corrected chi connectivity index (χ0v) is 18.3. The van der Waals surface area contributed by atoms with Crippen LogP contribution in [0.25, 0.3) is 11.0 Å². The van der Waals surface area contributed by atoms with E-state index < -0.39 is 46.5 Å². The Kier molecular flexibility index (Phi) is 6.01. The Hall–Kier alpha value is -3.76. The fourth-order valence-electron chi connectivity index (χ4n) is 2.97. The van der Waals surface area contributed by atoms with Crippen molar-refractivity contribution in [2.45, 2.75) is 33.5 Å². The highest BCUT2D eigenvalue weighted by molar-refractivity contribution is 5.98. The van der Waals surface area contributed by atoms with Crippen molar-refractivity contribution in [2.75, 3.05) is 5.32 Å². The summed E-state index contributed by atoms with van der Waals surface area (Å²) in [7, 11) is 1.17. The van der Waals surface area contributed by atoms with Gasteiger partial charge in [-0.15, -0.1) is 0 Å². The van der Waals surface area contributed by atoms with Crippen molar-refractivity contribution in [2.24, 2.45) is 12.5 Å². The zero-order valence-electron chi connectivity index (χ0n) is 18.3. The fourth-order valence-corrected chi connectivity index (χ4v) is 2.97. The number of hydrogen-bond donors (Lipinski definition) is 1. The van der Waals surface area contributed by atoms with Crippen LogP contribution in [0.1, 0.15) is 36.8 Å². The van der Waals surface area contributed by atoms with Crippen molar-refractivity contribution in [3.05, 3.63) is 68.5 Å². The molecule has 2 heterocycles. The van der Waals surface area contributed by atoms with E-state index in [0.717, 1.165) is 10.6 Å². The summed E-state index contributed by atoms with van der Waals surface area (Å²) in [5.74, 6) is -0.780. The summed E-state index contributed by atoms with van der Waals surface area (Å²) >= 11 is 0. The Bertz CT molecular complexity index is 1360. The predicted octanol–water partition coefficient (Wildman–Crippen LogP) is 2.98. The van der Waals surface area contributed by atoms with Crippen molar-refractivity contribution in [3.8, 4) is 0 Å². The number of Topliss-reactive ketones (excluding diaryl/α,β-unsaturated/α-hetero) is 1. The number of alkyl halides is 3. The number of amides is 1. The number of aromatic nitrogens is 3. The lowest BCUT2D eigenvalue weighted by atomic mass is 9.95. The van der Waals surface area contributed by atoms with Gasteiger partial charge in [0.2, 0.25) is 5.91 Å². The van der Waals surface area contributed by atoms with Crippen LogP contribution in [0.3, 0.4) is 0 Å². The van der Waals surface area contributed by atoms with E-state index in [9.17, 15) is 32.3 Å². The van der Waals surface area contributed by atoms with Gasteiger partial charge in [-0.3, -0.25) is 23.5 Å². The largest absolute Gasteiger partial charge is 0.433 e. The molecule has 3 aromatic rings. The summed E-state index contributed by atoms with van der Waals surface area (Å²) in [6.07, 6.45) is -4.74. The molecule has 2 aromatic heterocycles. The third-order valence-corrected chi connectivity index (χ3v) is 4.92. The normalized spacial score (nSPS) is 12.1. The quantitative estimate of drug-likeness (QED) is 0.601. The number of pyridine rings is 1. The third-order valence-electron chi connectivity index (χ3n) is 4.92. The van der Waals surface area contributed by atoms with Crippen molar-refractivity contribution < 1.29 is 22.8 Å². The maximum Gasteiger partial charge on any atom is 0.433 e. The van der Waals surface area contributed by atoms with E-state index in [2.05, 4.69) is 10.3 Å². The van der Waals surface area contributed by atoms with Gasteiger partial charge in [0.25, 0.3) is 5.56 Å². The minimum atomic E-state index is -4.74. The number of hydrogen-bond acceptors (Lipinski definition) is 5. The standard InChI is InChI=1S/C22H21F3N4O4/c1-21(2,3)19(32)26-13-7-5-12(6-8-13)15(30)11-29-18(31)14-9-10-16(22(23,24)25)27-17(14)28(4)20(29)33/h5-10H,11H2,1-4H3,(H,26,32). The maximum atomic E-state index is 12.9. The molecule has 1 aromatic carbocycles. The molecule has 8 nitrogen and oxygen atoms in total. The molecule has 174 valence electrons. The van der Waals surface area contributed by atoms with Gasteiger partial charge < -0.3 is 5.32 Å². The molecule has 1 amide bonds. The highest BCUT2D eigenvalue weighted by Crippen LogP contribution is 2.28. The fraction of sp³-hybridized carbons (Fsp3) is 0.318. The molecule has 0 bridgehead atoms. The number of anilines is 1. The second-order valence-corrected chi connectivity index (χ2v) is 8.50. The number of nitrogens with zero attached hydrogens (tertiary/aromatic N) is 3. The minimum absolute atomic E-state index is 0.184. The van der Waals surface area contributed by atoms with Gasteiger partial charge in [-0.2, -0.15) is 13.2 Å². The molecule has 33 heavy (non-hydrogen) atoms. The summed E-state index contributed by atoms with van der Waals surface area (Å²) in [5.41, 5.74) is -3.51. The second kappa shape index (κ2) is 8.30. The summed E-state index contributed by atoms with van der Waals surface area (Å²) in [5, 5.41) is 2.49. The molecule has 0 aliphatic rings. The van der Waals surface area contributed by atoms with Crippen LogP contribution in [0, 0.1) is 5.41 Å². The average molecular weight is 462 g/mol. The monoisotopic (exact) mass is 462 g/mol. The number of halogens is 3. The molecule has 0 spiro atoms. The van der Waals surface area contributed by atoms with Crippen LogP contribution in [-0.4, -0.2) is 25.8 Å². The first kappa shape index (κ1) is 23.9. The molecular weight excluding hydrogens is 441 g/mol. The summed E-state index contributed by atoms with van der Waals surface area (Å²) in [6, 6.07) is 7.48. The van der Waals surface area contributed by atoms with E-state index in [-0.39, 0.29) is 16.9 Å². The van der Waals surface area contributed by atoms with E-state index in [4.69, 9.17) is 0 Å². The van der Waals surface area contributed by atoms with E-state index in [1.165, 1.54) is 31.3 Å². The highest BCUT2D eigenvalue weighted by atomic mass is 19.4. The molecule has 0 aliphatic carbocycles. The number of aryl methyl sites for hydroxylation is 1. The van der Waals surface area contributed by atoms with Gasteiger partial charge in [-0.1, -0.05) is 20.8 Å². The van der Waals surface area contributed by atoms with Crippen LogP contribution in [0.5, 0.6) is 0 Å². The Morgan fingerprint density at radius 1 is 1.00 bits per heavy atom. The van der Waals surface area contributed by atoms with Gasteiger partial charge in [0.1, 0.15) is 11.3 Å². The number of benzene rings is 1. The molecule has 3 rings (SSSR count). The summed E-state index contributed by atoms with van der Waals surface area (Å²) in [4.78, 5) is 53.5. The molecule has 0 saturated heterocycles. The Morgan fingerprint density at radius 3 is 2.15 bits per heavy atom. The zero-order chi connectivity index (χ0) is 24.7. The number of ketones is 1. The molecule has 0 atom stereocenters. The van der Waals surface area contributed by atoms with Gasteiger partial charge >= 0.3 is 11.9 Å². The summed E-state index contributed by atoms with van der Waals surface area (Å²) < 4.78 is 40.3. The molecule has 11 heteroatoms. The van der Waals surface area contributed by atoms with Crippen LogP contribution < -0.4 is 16.6 Å². The second-order valence-electron chi connectivity index (χ2n) is 8.50. The molecule has 0 saturated carbocycles. The minimum Gasteiger partial charge on any atom is -0.326 e. The Balaban J connectivity index is 1.92. The SMILES string of the molecule is Cn1c(=O)n(CC(=O)c2ccc(NC(=O)C(C)(C)C)cc2)c(=O)c2ccc(C(F)(F)F)nc21. The Morgan fingerprint density at radius 2 is 1.61 bits per heavy atom. The van der Waals surface area contributed by atoms with Gasteiger partial charge in [0.15, 0.2) is 5.78 Å². The first-order valence-electron chi connectivity index (χ1n) is 9.82. The number of fused-ring (bicyclic) bond motifs is 1. The van der Waals surface area contributed by atoms with Crippen molar-refractivity contribution in [1.29, 1.82) is 0 Å². The maximum absolute atomic E-state index is 12.9. The summed E-state index contributed by atoms with van der Waals surface area (Å²) in [6.45, 7) is 4.64. The lowest BCUT2D eigenvalue weighted by Gasteiger charge is -2.17. The van der Waals surface area contributed by atoms with Crippen molar-refractivity contribution >= 4 is 28.4 Å². The molecular formula is C22H21F3N4O4. The predicted molar refractivity (Wildman–Crippen MR) is 115 cm³/mol. The first-order valence-corrected chi connectivity index (χ1v) is 9.82. The third kappa shape index (κ3) is 4.86. The van der Waals surface area contributed by atoms with Crippen LogP contribution in [0.4, 0.5) is 18.9 Å². The molecule has 1 N–H and O–H groups in total. The first-order chi connectivity index (χ1) is 15.2. The van der Waals surface area contributed by atoms with Crippen LogP contribution in [-0.2, 0) is 24.6 Å². The molecule has 0 unspecified atom stereocenters. The lowest BCUT2D eigenvalue weighted by molar-refractivity contribution is -0.141. The van der Waals surface area contributed by atoms with E-state index in [1.807, 2.05) is 0 Å². The van der Waals surface area contributed by atoms with Crippen molar-refractivity contribution in [3.63, 3.8) is 0 Å².